The predicted octanol–water partition coefficient (Wildman–Crippen LogP) is 1.06. The second-order valence-corrected chi connectivity index (χ2v) is 7.38. The number of nitro benzene ring substituents is 1. The van der Waals surface area contributed by atoms with Gasteiger partial charge in [0.05, 0.1) is 30.1 Å². The molecule has 3 rings (SSSR count). The largest absolute Gasteiger partial charge is 0.465 e. The second kappa shape index (κ2) is 10.9. The van der Waals surface area contributed by atoms with Gasteiger partial charge in [-0.25, -0.2) is 4.79 Å². The van der Waals surface area contributed by atoms with Gasteiger partial charge in [0.1, 0.15) is 0 Å². The summed E-state index contributed by atoms with van der Waals surface area (Å²) in [5.74, 6) is -4.05. The monoisotopic (exact) mass is 484 g/mol. The van der Waals surface area contributed by atoms with E-state index in [-0.39, 0.29) is 24.2 Å². The van der Waals surface area contributed by atoms with Crippen LogP contribution >= 0.6 is 0 Å². The lowest BCUT2D eigenvalue weighted by Crippen LogP contribution is -2.43. The van der Waals surface area contributed by atoms with Gasteiger partial charge in [0, 0.05) is 29.8 Å². The highest BCUT2D eigenvalue weighted by Crippen LogP contribution is 2.19. The third-order valence-corrected chi connectivity index (χ3v) is 4.97. The smallest absolute Gasteiger partial charge is 0.337 e. The van der Waals surface area contributed by atoms with Crippen molar-refractivity contribution in [3.05, 3.63) is 69.8 Å². The van der Waals surface area contributed by atoms with Crippen molar-refractivity contribution in [1.29, 1.82) is 0 Å². The van der Waals surface area contributed by atoms with Crippen LogP contribution in [0.5, 0.6) is 0 Å². The Bertz CT molecular complexity index is 1160. The molecule has 2 aromatic carbocycles. The quantitative estimate of drug-likeness (QED) is 0.315. The molecule has 1 atom stereocenters. The van der Waals surface area contributed by atoms with Crippen molar-refractivity contribution in [3.63, 3.8) is 0 Å². The fourth-order valence-corrected chi connectivity index (χ4v) is 3.15. The van der Waals surface area contributed by atoms with Crippen LogP contribution in [0.25, 0.3) is 0 Å². The zero-order valence-electron chi connectivity index (χ0n) is 18.4. The van der Waals surface area contributed by atoms with Crippen LogP contribution in [-0.4, -0.2) is 59.9 Å². The molecule has 0 aliphatic carbocycles. The Morgan fingerprint density at radius 3 is 2.29 bits per heavy atom. The molecule has 1 aliphatic heterocycles. The van der Waals surface area contributed by atoms with Gasteiger partial charge in [-0.15, -0.1) is 0 Å². The van der Waals surface area contributed by atoms with Crippen LogP contribution in [0.4, 0.5) is 11.4 Å². The Balaban J connectivity index is 1.46. The van der Waals surface area contributed by atoms with Gasteiger partial charge in [0.15, 0.2) is 6.61 Å². The topological polar surface area (TPSA) is 174 Å². The summed E-state index contributed by atoms with van der Waals surface area (Å²) in [6.45, 7) is -0.759. The number of anilines is 1. The number of benzene rings is 2. The summed E-state index contributed by atoms with van der Waals surface area (Å²) in [5.41, 5.74) is 2.91. The fourth-order valence-electron chi connectivity index (χ4n) is 3.15. The summed E-state index contributed by atoms with van der Waals surface area (Å²) in [6.07, 6.45) is -0.226. The molecule has 0 unspecified atom stereocenters. The molecular formula is C22H20N4O9. The molecule has 0 aromatic heterocycles. The lowest BCUT2D eigenvalue weighted by atomic mass is 10.1. The van der Waals surface area contributed by atoms with Gasteiger partial charge in [0.2, 0.25) is 5.91 Å². The highest BCUT2D eigenvalue weighted by molar-refractivity contribution is 5.97. The molecule has 35 heavy (non-hydrogen) atoms. The number of hydrogen-bond donors (Lipinski definition) is 2. The van der Waals surface area contributed by atoms with E-state index in [1.165, 1.54) is 43.5 Å². The van der Waals surface area contributed by atoms with E-state index in [9.17, 15) is 34.1 Å². The molecule has 13 nitrogen and oxygen atoms in total. The van der Waals surface area contributed by atoms with Crippen molar-refractivity contribution in [2.45, 2.75) is 6.42 Å². The van der Waals surface area contributed by atoms with Crippen LogP contribution < -0.4 is 10.7 Å². The molecule has 1 saturated heterocycles. The maximum Gasteiger partial charge on any atom is 0.337 e. The van der Waals surface area contributed by atoms with Crippen molar-refractivity contribution >= 4 is 41.0 Å². The number of amides is 3. The number of nitro groups is 1. The molecular weight excluding hydrogens is 464 g/mol. The van der Waals surface area contributed by atoms with Gasteiger partial charge in [-0.05, 0) is 36.4 Å². The first-order valence-electron chi connectivity index (χ1n) is 10.2. The van der Waals surface area contributed by atoms with Crippen LogP contribution in [0.15, 0.2) is 48.5 Å². The number of methoxy groups -OCH3 is 1. The first-order valence-corrected chi connectivity index (χ1v) is 10.2. The van der Waals surface area contributed by atoms with Gasteiger partial charge >= 0.3 is 11.9 Å². The number of hydrazine groups is 1. The number of rotatable bonds is 8. The molecule has 0 saturated carbocycles. The summed E-state index contributed by atoms with van der Waals surface area (Å²) in [6, 6.07) is 10.6. The van der Waals surface area contributed by atoms with Gasteiger partial charge in [-0.2, -0.15) is 0 Å². The minimum absolute atomic E-state index is 0.0886. The lowest BCUT2D eigenvalue weighted by molar-refractivity contribution is -0.384. The van der Waals surface area contributed by atoms with E-state index >= 15 is 0 Å². The zero-order valence-corrected chi connectivity index (χ0v) is 18.4. The summed E-state index contributed by atoms with van der Waals surface area (Å²) in [5, 5.41) is 14.2. The van der Waals surface area contributed by atoms with E-state index in [1.54, 1.807) is 0 Å². The zero-order chi connectivity index (χ0) is 25.5. The molecule has 2 N–H and O–H groups in total. The van der Waals surface area contributed by atoms with E-state index in [2.05, 4.69) is 15.5 Å². The van der Waals surface area contributed by atoms with E-state index in [4.69, 9.17) is 4.74 Å². The summed E-state index contributed by atoms with van der Waals surface area (Å²) < 4.78 is 9.57. The molecule has 1 fully saturated rings. The van der Waals surface area contributed by atoms with Crippen molar-refractivity contribution in [2.24, 2.45) is 5.92 Å². The Labute approximate surface area is 198 Å². The van der Waals surface area contributed by atoms with Crippen LogP contribution in [0.3, 0.4) is 0 Å². The van der Waals surface area contributed by atoms with Crippen LogP contribution in [0.1, 0.15) is 27.1 Å². The van der Waals surface area contributed by atoms with Crippen molar-refractivity contribution in [3.8, 4) is 0 Å². The number of carbonyl (C=O) groups is 5. The second-order valence-electron chi connectivity index (χ2n) is 7.38. The van der Waals surface area contributed by atoms with Crippen LogP contribution in [0, 0.1) is 16.0 Å². The minimum Gasteiger partial charge on any atom is -0.465 e. The highest BCUT2D eigenvalue weighted by Gasteiger charge is 2.36. The fraction of sp³-hybridized carbons (Fsp3) is 0.227. The van der Waals surface area contributed by atoms with Gasteiger partial charge < -0.3 is 14.8 Å². The Morgan fingerprint density at radius 2 is 1.69 bits per heavy atom. The van der Waals surface area contributed by atoms with Crippen LogP contribution in [-0.2, 0) is 23.9 Å². The number of esters is 2. The average molecular weight is 484 g/mol. The number of hydrogen-bond acceptors (Lipinski definition) is 9. The molecule has 0 spiro atoms. The Kier molecular flexibility index (Phi) is 7.71. The first kappa shape index (κ1) is 24.8. The first-order chi connectivity index (χ1) is 16.7. The lowest BCUT2D eigenvalue weighted by Gasteiger charge is -2.17. The number of non-ortho nitro benzene ring substituents is 1. The molecule has 182 valence electrons. The molecule has 2 aromatic rings. The van der Waals surface area contributed by atoms with Gasteiger partial charge in [-0.1, -0.05) is 0 Å². The Morgan fingerprint density at radius 1 is 1.06 bits per heavy atom. The molecule has 13 heteroatoms. The number of nitrogens with zero attached hydrogens (tertiary/aromatic N) is 2. The highest BCUT2D eigenvalue weighted by atomic mass is 16.6. The molecule has 0 bridgehead atoms. The van der Waals surface area contributed by atoms with E-state index in [1.807, 2.05) is 0 Å². The van der Waals surface area contributed by atoms with E-state index < -0.39 is 47.1 Å². The third-order valence-electron chi connectivity index (χ3n) is 4.97. The van der Waals surface area contributed by atoms with E-state index in [0.717, 1.165) is 17.1 Å². The number of ether oxygens (including phenoxy) is 2. The molecule has 0 radical (unpaired) electrons. The average Bonchev–Trinajstić information content (AvgIpc) is 3.22. The molecule has 1 heterocycles. The standard InChI is InChI=1S/C22H20N4O9/c1-34-21(30)14-2-6-16(7-3-14)23-18(27)12-35-22(31)15-10-19(28)25(11-15)24-20(29)13-4-8-17(9-5-13)26(32)33/h2-9,15H,10-12H2,1H3,(H,23,27)(H,24,29)/t15-/m1/s1. The third kappa shape index (κ3) is 6.37. The minimum atomic E-state index is -0.896. The van der Waals surface area contributed by atoms with Crippen molar-refractivity contribution in [1.82, 2.24) is 10.4 Å². The summed E-state index contributed by atoms with van der Waals surface area (Å²) in [4.78, 5) is 70.3. The van der Waals surface area contributed by atoms with Crippen molar-refractivity contribution < 1.29 is 38.4 Å². The van der Waals surface area contributed by atoms with Crippen molar-refractivity contribution in [2.75, 3.05) is 25.6 Å². The summed E-state index contributed by atoms with van der Waals surface area (Å²) in [7, 11) is 1.25. The van der Waals surface area contributed by atoms with Gasteiger partial charge in [0.25, 0.3) is 17.5 Å². The van der Waals surface area contributed by atoms with Gasteiger partial charge in [-0.3, -0.25) is 39.7 Å². The maximum atomic E-state index is 12.3. The number of nitrogens with one attached hydrogen (secondary N) is 2. The normalized spacial score (nSPS) is 14.7. The maximum absolute atomic E-state index is 12.3. The SMILES string of the molecule is COC(=O)c1ccc(NC(=O)COC(=O)[C@@H]2CC(=O)N(NC(=O)c3ccc([N+](=O)[O-])cc3)C2)cc1. The molecule has 1 aliphatic rings. The predicted molar refractivity (Wildman–Crippen MR) is 118 cm³/mol. The molecule has 3 amide bonds. The summed E-state index contributed by atoms with van der Waals surface area (Å²) >= 11 is 0. The van der Waals surface area contributed by atoms with E-state index in [0.29, 0.717) is 11.3 Å². The Hall–Kier alpha value is -4.81. The number of carbonyl (C=O) groups excluding carboxylic acids is 5. The van der Waals surface area contributed by atoms with Crippen LogP contribution in [0.2, 0.25) is 0 Å².